The van der Waals surface area contributed by atoms with Crippen LogP contribution >= 0.6 is 0 Å². The van der Waals surface area contributed by atoms with Crippen LogP contribution in [0.25, 0.3) is 11.2 Å². The van der Waals surface area contributed by atoms with E-state index in [2.05, 4.69) is 25.3 Å². The Morgan fingerprint density at radius 2 is 1.97 bits per heavy atom. The zero-order chi connectivity index (χ0) is 24.1. The van der Waals surface area contributed by atoms with Gasteiger partial charge in [0.05, 0.1) is 18.6 Å². The van der Waals surface area contributed by atoms with E-state index >= 15 is 0 Å². The van der Waals surface area contributed by atoms with Crippen LogP contribution in [0.5, 0.6) is 0 Å². The normalized spacial score (nSPS) is 28.5. The van der Waals surface area contributed by atoms with Crippen molar-refractivity contribution in [2.24, 2.45) is 4.99 Å². The average Bonchev–Trinajstić information content (AvgIpc) is 3.49. The van der Waals surface area contributed by atoms with Gasteiger partial charge in [0.1, 0.15) is 18.5 Å². The largest absolute Gasteiger partial charge is 0.424 e. The maximum atomic E-state index is 13.8. The van der Waals surface area contributed by atoms with Crippen LogP contribution in [0.3, 0.4) is 0 Å². The summed E-state index contributed by atoms with van der Waals surface area (Å²) in [5, 5.41) is 33.0. The molecule has 1 aromatic carbocycles. The van der Waals surface area contributed by atoms with Crippen LogP contribution in [0.4, 0.5) is 24.7 Å². The van der Waals surface area contributed by atoms with Gasteiger partial charge in [0.15, 0.2) is 23.2 Å². The van der Waals surface area contributed by atoms with Crippen molar-refractivity contribution in [3.05, 3.63) is 42.5 Å². The van der Waals surface area contributed by atoms with Crippen molar-refractivity contribution in [3.8, 4) is 0 Å². The summed E-state index contributed by atoms with van der Waals surface area (Å²) in [4.78, 5) is 16.7. The number of aromatic nitrogens is 4. The van der Waals surface area contributed by atoms with E-state index in [4.69, 9.17) is 4.74 Å². The van der Waals surface area contributed by atoms with Gasteiger partial charge in [-0.15, -0.1) is 0 Å². The van der Waals surface area contributed by atoms with Crippen LogP contribution < -0.4 is 5.32 Å². The number of ether oxygens (including phenoxy) is 1. The van der Waals surface area contributed by atoms with Crippen molar-refractivity contribution < 1.29 is 33.2 Å². The van der Waals surface area contributed by atoms with Gasteiger partial charge in [0.25, 0.3) is 0 Å². The topological polar surface area (TPSA) is 138 Å². The van der Waals surface area contributed by atoms with Crippen molar-refractivity contribution in [2.75, 3.05) is 18.5 Å². The molecule has 10 nitrogen and oxygen atoms in total. The maximum Gasteiger partial charge on any atom is 0.424 e. The first kappa shape index (κ1) is 22.7. The van der Waals surface area contributed by atoms with Crippen LogP contribution in [0.15, 0.2) is 41.9 Å². The molecule has 2 aromatic heterocycles. The highest BCUT2D eigenvalue weighted by Gasteiger charge is 2.70. The quantitative estimate of drug-likeness (QED) is 0.420. The average molecular weight is 478 g/mol. The van der Waals surface area contributed by atoms with Crippen LogP contribution in [0.2, 0.25) is 0 Å². The molecule has 0 saturated carbocycles. The second kappa shape index (κ2) is 8.27. The highest BCUT2D eigenvalue weighted by atomic mass is 19.4. The molecular weight excluding hydrogens is 457 g/mol. The zero-order valence-electron chi connectivity index (χ0n) is 17.6. The number of alkyl halides is 3. The fourth-order valence-electron chi connectivity index (χ4n) is 4.40. The monoisotopic (exact) mass is 478 g/mol. The van der Waals surface area contributed by atoms with Crippen LogP contribution in [-0.2, 0) is 4.74 Å². The molecule has 3 aromatic rings. The number of halogens is 3. The number of hydrogen-bond donors (Lipinski definition) is 4. The summed E-state index contributed by atoms with van der Waals surface area (Å²) in [6, 6.07) is 7.81. The van der Waals surface area contributed by atoms with Gasteiger partial charge in [-0.05, 0) is 18.1 Å². The number of nitrogens with zero attached hydrogens (tertiary/aromatic N) is 5. The SMILES string of the molecule is OC[C@H]1O[C@@H](n2cnc3c(NCCC4C=Nc5ccccc54)ncnc32)[C@@](O)(C(F)(F)F)[C@@H]1O. The van der Waals surface area contributed by atoms with Gasteiger partial charge in [0, 0.05) is 18.7 Å². The highest BCUT2D eigenvalue weighted by Crippen LogP contribution is 2.49. The fraction of sp³-hybridized carbons (Fsp3) is 0.429. The molecule has 0 radical (unpaired) electrons. The van der Waals surface area contributed by atoms with E-state index in [0.717, 1.165) is 28.5 Å². The second-order valence-electron chi connectivity index (χ2n) is 8.18. The van der Waals surface area contributed by atoms with Gasteiger partial charge in [-0.25, -0.2) is 15.0 Å². The Morgan fingerprint density at radius 3 is 2.74 bits per heavy atom. The maximum absolute atomic E-state index is 13.8. The number of imidazole rings is 1. The van der Waals surface area contributed by atoms with Crippen LogP contribution in [-0.4, -0.2) is 78.2 Å². The summed E-state index contributed by atoms with van der Waals surface area (Å²) in [7, 11) is 0. The summed E-state index contributed by atoms with van der Waals surface area (Å²) in [5.74, 6) is 0.406. The molecule has 1 unspecified atom stereocenters. The Morgan fingerprint density at radius 1 is 1.18 bits per heavy atom. The number of anilines is 1. The van der Waals surface area contributed by atoms with Gasteiger partial charge in [-0.1, -0.05) is 18.2 Å². The van der Waals surface area contributed by atoms with Gasteiger partial charge < -0.3 is 25.4 Å². The number of para-hydroxylation sites is 1. The van der Waals surface area contributed by atoms with Crippen LogP contribution in [0.1, 0.15) is 24.1 Å². The molecule has 0 bridgehead atoms. The van der Waals surface area contributed by atoms with Gasteiger partial charge in [-0.2, -0.15) is 13.2 Å². The predicted molar refractivity (Wildman–Crippen MR) is 114 cm³/mol. The summed E-state index contributed by atoms with van der Waals surface area (Å²) >= 11 is 0. The number of aliphatic hydroxyl groups excluding tert-OH is 2. The second-order valence-corrected chi connectivity index (χ2v) is 8.18. The summed E-state index contributed by atoms with van der Waals surface area (Å²) in [6.07, 6.45) is -6.69. The zero-order valence-corrected chi connectivity index (χ0v) is 17.6. The Balaban J connectivity index is 1.39. The number of rotatable bonds is 6. The molecule has 2 aliphatic heterocycles. The van der Waals surface area contributed by atoms with Crippen molar-refractivity contribution >= 4 is 28.9 Å². The molecule has 1 saturated heterocycles. The van der Waals surface area contributed by atoms with Gasteiger partial charge in [-0.3, -0.25) is 9.56 Å². The van der Waals surface area contributed by atoms with Crippen molar-refractivity contribution in [1.82, 2.24) is 19.5 Å². The van der Waals surface area contributed by atoms with Crippen molar-refractivity contribution in [1.29, 1.82) is 0 Å². The lowest BCUT2D eigenvalue weighted by molar-refractivity contribution is -0.303. The lowest BCUT2D eigenvalue weighted by Crippen LogP contribution is -2.57. The number of aliphatic hydroxyl groups is 3. The Kier molecular flexibility index (Phi) is 5.51. The third kappa shape index (κ3) is 3.43. The first-order chi connectivity index (χ1) is 16.3. The lowest BCUT2D eigenvalue weighted by Gasteiger charge is -2.33. The van der Waals surface area contributed by atoms with Gasteiger partial charge in [0.2, 0.25) is 5.60 Å². The molecule has 5 rings (SSSR count). The molecule has 4 heterocycles. The molecule has 4 N–H and O–H groups in total. The number of fused-ring (bicyclic) bond motifs is 2. The number of benzene rings is 1. The lowest BCUT2D eigenvalue weighted by atomic mass is 9.93. The minimum absolute atomic E-state index is 0.0382. The Bertz CT molecular complexity index is 1230. The third-order valence-corrected chi connectivity index (χ3v) is 6.21. The fourth-order valence-corrected chi connectivity index (χ4v) is 4.40. The van der Waals surface area contributed by atoms with E-state index in [0.29, 0.717) is 18.8 Å². The summed E-state index contributed by atoms with van der Waals surface area (Å²) in [6.45, 7) is -0.445. The van der Waals surface area contributed by atoms with Crippen molar-refractivity contribution in [3.63, 3.8) is 0 Å². The Hall–Kier alpha value is -3.13. The van der Waals surface area contributed by atoms with Crippen LogP contribution in [0, 0.1) is 0 Å². The standard InChI is InChI=1S/C21H21F3N6O4/c22-21(23,24)20(33)16(32)14(8-31)34-19(20)30-10-29-15-17(27-9-28-18(15)30)25-6-5-11-7-26-13-4-2-1-3-12(11)13/h1-4,7,9-11,14,16,19,31-33H,5-6,8H2,(H,25,27,28)/t11?,14-,16-,19-,20-/m1/s1. The Labute approximate surface area is 190 Å². The molecule has 13 heteroatoms. The minimum atomic E-state index is -5.26. The van der Waals surface area contributed by atoms with E-state index in [1.165, 1.54) is 0 Å². The molecule has 180 valence electrons. The van der Waals surface area contributed by atoms with E-state index < -0.39 is 36.8 Å². The predicted octanol–water partition coefficient (Wildman–Crippen LogP) is 1.67. The molecular formula is C21H21F3N6O4. The van der Waals surface area contributed by atoms with E-state index in [-0.39, 0.29) is 17.1 Å². The molecule has 0 spiro atoms. The first-order valence-electron chi connectivity index (χ1n) is 10.5. The molecule has 5 atom stereocenters. The number of hydrogen-bond acceptors (Lipinski definition) is 9. The summed E-state index contributed by atoms with van der Waals surface area (Å²) in [5.41, 5.74) is -1.51. The summed E-state index contributed by atoms with van der Waals surface area (Å²) < 4.78 is 47.4. The number of aliphatic imine (C=N–C) groups is 1. The van der Waals surface area contributed by atoms with Crippen molar-refractivity contribution in [2.45, 2.75) is 42.6 Å². The van der Waals surface area contributed by atoms with E-state index in [1.807, 2.05) is 30.5 Å². The molecule has 2 aliphatic rings. The molecule has 34 heavy (non-hydrogen) atoms. The minimum Gasteiger partial charge on any atom is -0.394 e. The van der Waals surface area contributed by atoms with E-state index in [9.17, 15) is 28.5 Å². The van der Waals surface area contributed by atoms with Gasteiger partial charge >= 0.3 is 6.18 Å². The smallest absolute Gasteiger partial charge is 0.394 e. The molecule has 0 aliphatic carbocycles. The number of nitrogens with one attached hydrogen (secondary N) is 1. The van der Waals surface area contributed by atoms with E-state index in [1.54, 1.807) is 0 Å². The first-order valence-corrected chi connectivity index (χ1v) is 10.5. The molecule has 1 fully saturated rings. The highest BCUT2D eigenvalue weighted by molar-refractivity contribution is 5.83. The molecule has 0 amide bonds. The third-order valence-electron chi connectivity index (χ3n) is 6.21.